The molecule has 1 aromatic carbocycles. The van der Waals surface area contributed by atoms with Crippen molar-refractivity contribution in [2.24, 2.45) is 4.99 Å². The van der Waals surface area contributed by atoms with Crippen molar-refractivity contribution in [3.63, 3.8) is 0 Å². The van der Waals surface area contributed by atoms with Crippen LogP contribution in [-0.2, 0) is 0 Å². The molecule has 4 nitrogen and oxygen atoms in total. The highest BCUT2D eigenvalue weighted by molar-refractivity contribution is 5.81. The zero-order valence-corrected chi connectivity index (χ0v) is 13.2. The van der Waals surface area contributed by atoms with Crippen LogP contribution in [0.1, 0.15) is 30.0 Å². The summed E-state index contributed by atoms with van der Waals surface area (Å²) in [6, 6.07) is 9.44. The smallest absolute Gasteiger partial charge is 0.193 e. The van der Waals surface area contributed by atoms with E-state index in [1.54, 1.807) is 0 Å². The van der Waals surface area contributed by atoms with Crippen LogP contribution >= 0.6 is 0 Å². The first-order valence-corrected chi connectivity index (χ1v) is 8.04. The van der Waals surface area contributed by atoms with E-state index in [1.807, 2.05) is 0 Å². The van der Waals surface area contributed by atoms with Crippen molar-refractivity contribution in [2.45, 2.75) is 25.8 Å². The highest BCUT2D eigenvalue weighted by Crippen LogP contribution is 2.25. The van der Waals surface area contributed by atoms with Gasteiger partial charge in [0.05, 0.1) is 12.6 Å². The number of nitrogens with one attached hydrogen (secondary N) is 1. The van der Waals surface area contributed by atoms with Crippen LogP contribution in [0.2, 0.25) is 0 Å². The molecule has 21 heavy (non-hydrogen) atoms. The number of likely N-dealkylation sites (N-methyl/N-ethyl adjacent to an activating group) is 1. The van der Waals surface area contributed by atoms with E-state index in [0.29, 0.717) is 6.04 Å². The molecular formula is C17H26N4. The Morgan fingerprint density at radius 3 is 2.48 bits per heavy atom. The van der Waals surface area contributed by atoms with E-state index in [0.717, 1.165) is 25.6 Å². The fourth-order valence-electron chi connectivity index (χ4n) is 3.21. The largest absolute Gasteiger partial charge is 0.354 e. The Morgan fingerprint density at radius 1 is 1.14 bits per heavy atom. The van der Waals surface area contributed by atoms with E-state index < -0.39 is 0 Å². The van der Waals surface area contributed by atoms with Gasteiger partial charge in [-0.1, -0.05) is 29.8 Å². The summed E-state index contributed by atoms with van der Waals surface area (Å²) in [5, 5.41) is 3.56. The Labute approximate surface area is 127 Å². The minimum atomic E-state index is 0.449. The van der Waals surface area contributed by atoms with Crippen molar-refractivity contribution in [1.82, 2.24) is 15.1 Å². The van der Waals surface area contributed by atoms with Gasteiger partial charge in [-0.3, -0.25) is 9.89 Å². The molecule has 1 aromatic rings. The first-order valence-electron chi connectivity index (χ1n) is 8.04. The van der Waals surface area contributed by atoms with E-state index in [9.17, 15) is 0 Å². The van der Waals surface area contributed by atoms with Gasteiger partial charge < -0.3 is 10.2 Å². The van der Waals surface area contributed by atoms with Crippen molar-refractivity contribution in [1.29, 1.82) is 0 Å². The minimum Gasteiger partial charge on any atom is -0.354 e. The number of rotatable bonds is 4. The predicted molar refractivity (Wildman–Crippen MR) is 87.7 cm³/mol. The Bertz CT molecular complexity index is 488. The zero-order valence-electron chi connectivity index (χ0n) is 13.2. The number of nitrogens with zero attached hydrogens (tertiary/aromatic N) is 3. The highest BCUT2D eigenvalue weighted by atomic mass is 15.3. The number of likely N-dealkylation sites (tertiary alicyclic amines) is 1. The second-order valence-corrected chi connectivity index (χ2v) is 6.18. The molecule has 0 aromatic heterocycles. The van der Waals surface area contributed by atoms with E-state index in [1.165, 1.54) is 37.1 Å². The van der Waals surface area contributed by atoms with Crippen LogP contribution in [0.25, 0.3) is 0 Å². The zero-order chi connectivity index (χ0) is 14.7. The standard InChI is InChI=1S/C17H26N4/c1-14-5-7-15(8-6-14)16(21-10-3-4-11-21)13-19-17-18-9-12-20(17)2/h5-8,16H,3-4,9-13H2,1-2H3,(H,18,19). The average Bonchev–Trinajstić information content (AvgIpc) is 3.13. The van der Waals surface area contributed by atoms with Crippen LogP contribution in [0.15, 0.2) is 29.3 Å². The Kier molecular flexibility index (Phi) is 4.44. The van der Waals surface area contributed by atoms with E-state index in [2.05, 4.69) is 58.3 Å². The van der Waals surface area contributed by atoms with Crippen LogP contribution in [0, 0.1) is 6.92 Å². The quantitative estimate of drug-likeness (QED) is 0.919. The Morgan fingerprint density at radius 2 is 1.86 bits per heavy atom. The third-order valence-corrected chi connectivity index (χ3v) is 4.56. The Balaban J connectivity index is 1.71. The van der Waals surface area contributed by atoms with Gasteiger partial charge in [0.25, 0.3) is 0 Å². The van der Waals surface area contributed by atoms with Crippen LogP contribution in [0.5, 0.6) is 0 Å². The first kappa shape index (κ1) is 14.4. The molecule has 1 atom stereocenters. The lowest BCUT2D eigenvalue weighted by Crippen LogP contribution is -2.41. The molecule has 1 unspecified atom stereocenters. The second-order valence-electron chi connectivity index (χ2n) is 6.18. The summed E-state index contributed by atoms with van der Waals surface area (Å²) in [7, 11) is 2.11. The second kappa shape index (κ2) is 6.48. The summed E-state index contributed by atoms with van der Waals surface area (Å²) in [5.41, 5.74) is 2.74. The van der Waals surface area contributed by atoms with Gasteiger partial charge in [0.1, 0.15) is 0 Å². The van der Waals surface area contributed by atoms with Crippen molar-refractivity contribution >= 4 is 5.96 Å². The lowest BCUT2D eigenvalue weighted by atomic mass is 10.0. The molecule has 0 radical (unpaired) electrons. The lowest BCUT2D eigenvalue weighted by molar-refractivity contribution is 0.244. The number of hydrogen-bond acceptors (Lipinski definition) is 4. The lowest BCUT2D eigenvalue weighted by Gasteiger charge is -2.29. The van der Waals surface area contributed by atoms with Gasteiger partial charge in [-0.05, 0) is 38.4 Å². The number of benzene rings is 1. The SMILES string of the molecule is Cc1ccc(C(CNC2=NCCN2C)N2CCCC2)cc1. The van der Waals surface area contributed by atoms with E-state index in [-0.39, 0.29) is 0 Å². The summed E-state index contributed by atoms with van der Waals surface area (Å²) in [4.78, 5) is 9.34. The van der Waals surface area contributed by atoms with Crippen molar-refractivity contribution < 1.29 is 0 Å². The monoisotopic (exact) mass is 286 g/mol. The fourth-order valence-corrected chi connectivity index (χ4v) is 3.21. The van der Waals surface area contributed by atoms with Crippen LogP contribution in [0.4, 0.5) is 0 Å². The minimum absolute atomic E-state index is 0.449. The number of aliphatic imine (C=N–C) groups is 1. The summed E-state index contributed by atoms with van der Waals surface area (Å²) < 4.78 is 0. The van der Waals surface area contributed by atoms with Crippen LogP contribution in [-0.4, -0.2) is 55.5 Å². The van der Waals surface area contributed by atoms with Crippen LogP contribution < -0.4 is 5.32 Å². The molecule has 2 aliphatic rings. The molecule has 114 valence electrons. The van der Waals surface area contributed by atoms with Crippen molar-refractivity contribution in [3.8, 4) is 0 Å². The van der Waals surface area contributed by atoms with Gasteiger partial charge in [0, 0.05) is 20.1 Å². The topological polar surface area (TPSA) is 30.9 Å². The summed E-state index contributed by atoms with van der Waals surface area (Å²) in [6.45, 7) is 7.45. The van der Waals surface area contributed by atoms with Gasteiger partial charge in [-0.25, -0.2) is 0 Å². The average molecular weight is 286 g/mol. The van der Waals surface area contributed by atoms with Gasteiger partial charge in [0.2, 0.25) is 0 Å². The molecule has 1 N–H and O–H groups in total. The van der Waals surface area contributed by atoms with Crippen LogP contribution in [0.3, 0.4) is 0 Å². The third-order valence-electron chi connectivity index (χ3n) is 4.56. The van der Waals surface area contributed by atoms with Gasteiger partial charge in [-0.2, -0.15) is 0 Å². The molecular weight excluding hydrogens is 260 g/mol. The highest BCUT2D eigenvalue weighted by Gasteiger charge is 2.24. The third kappa shape index (κ3) is 3.38. The molecule has 1 saturated heterocycles. The molecule has 3 rings (SSSR count). The van der Waals surface area contributed by atoms with E-state index >= 15 is 0 Å². The number of hydrogen-bond donors (Lipinski definition) is 1. The maximum absolute atomic E-state index is 4.54. The Hall–Kier alpha value is -1.55. The summed E-state index contributed by atoms with van der Waals surface area (Å²) in [5.74, 6) is 1.05. The number of guanidine groups is 1. The molecule has 4 heteroatoms. The van der Waals surface area contributed by atoms with Crippen molar-refractivity contribution in [3.05, 3.63) is 35.4 Å². The molecule has 0 bridgehead atoms. The van der Waals surface area contributed by atoms with Crippen molar-refractivity contribution in [2.75, 3.05) is 39.8 Å². The predicted octanol–water partition coefficient (Wildman–Crippen LogP) is 2.02. The summed E-state index contributed by atoms with van der Waals surface area (Å²) in [6.07, 6.45) is 2.65. The van der Waals surface area contributed by atoms with Gasteiger partial charge >= 0.3 is 0 Å². The fraction of sp³-hybridized carbons (Fsp3) is 0.588. The first-order chi connectivity index (χ1) is 10.2. The molecule has 0 saturated carbocycles. The van der Waals surface area contributed by atoms with Gasteiger partial charge in [-0.15, -0.1) is 0 Å². The summed E-state index contributed by atoms with van der Waals surface area (Å²) >= 11 is 0. The maximum Gasteiger partial charge on any atom is 0.193 e. The molecule has 0 spiro atoms. The van der Waals surface area contributed by atoms with Gasteiger partial charge in [0.15, 0.2) is 5.96 Å². The van der Waals surface area contributed by atoms with E-state index in [4.69, 9.17) is 0 Å². The molecule has 0 amide bonds. The molecule has 1 fully saturated rings. The molecule has 0 aliphatic carbocycles. The maximum atomic E-state index is 4.54. The number of aryl methyl sites for hydroxylation is 1. The molecule has 2 heterocycles. The normalized spacial score (nSPS) is 20.7. The molecule has 2 aliphatic heterocycles.